The van der Waals surface area contributed by atoms with Crippen LogP contribution in [0.1, 0.15) is 30.9 Å². The predicted molar refractivity (Wildman–Crippen MR) is 62.7 cm³/mol. The minimum absolute atomic E-state index is 0.00783. The Labute approximate surface area is 98.8 Å². The van der Waals surface area contributed by atoms with Gasteiger partial charge in [0.05, 0.1) is 4.92 Å². The van der Waals surface area contributed by atoms with E-state index < -0.39 is 4.92 Å². The molecule has 86 valence electrons. The standard InChI is InChI=1S/C11H13ClN2O2/c12-9-5-4-8(7-11(9)14(15)16)10-3-1-2-6-13-10/h4-5,7,10,13H,1-3,6H2/t10-/m0/s1. The van der Waals surface area contributed by atoms with Gasteiger partial charge in [-0.25, -0.2) is 0 Å². The molecule has 16 heavy (non-hydrogen) atoms. The van der Waals surface area contributed by atoms with Gasteiger partial charge < -0.3 is 5.32 Å². The normalized spacial score (nSPS) is 20.7. The zero-order valence-electron chi connectivity index (χ0n) is 8.78. The van der Waals surface area contributed by atoms with Crippen molar-refractivity contribution in [2.24, 2.45) is 0 Å². The second-order valence-corrected chi connectivity index (χ2v) is 4.38. The van der Waals surface area contributed by atoms with E-state index in [0.29, 0.717) is 0 Å². The van der Waals surface area contributed by atoms with Crippen molar-refractivity contribution in [3.05, 3.63) is 38.9 Å². The molecule has 1 aromatic carbocycles. The van der Waals surface area contributed by atoms with Gasteiger partial charge in [-0.2, -0.15) is 0 Å². The molecule has 5 heteroatoms. The van der Waals surface area contributed by atoms with E-state index in [1.54, 1.807) is 12.1 Å². The lowest BCUT2D eigenvalue weighted by Crippen LogP contribution is -2.26. The minimum atomic E-state index is -0.436. The molecule has 0 aromatic heterocycles. The summed E-state index contributed by atoms with van der Waals surface area (Å²) in [5.74, 6) is 0. The molecule has 0 bridgehead atoms. The molecule has 1 fully saturated rings. The number of hydrogen-bond donors (Lipinski definition) is 1. The average molecular weight is 241 g/mol. The number of nitrogens with one attached hydrogen (secondary N) is 1. The Morgan fingerprint density at radius 2 is 2.25 bits per heavy atom. The number of hydrogen-bond acceptors (Lipinski definition) is 3. The zero-order valence-corrected chi connectivity index (χ0v) is 9.54. The van der Waals surface area contributed by atoms with Crippen LogP contribution in [0, 0.1) is 10.1 Å². The lowest BCUT2D eigenvalue weighted by atomic mass is 9.97. The molecule has 1 saturated heterocycles. The fourth-order valence-electron chi connectivity index (χ4n) is 2.02. The van der Waals surface area contributed by atoms with Crippen LogP contribution in [0.4, 0.5) is 5.69 Å². The molecule has 1 N–H and O–H groups in total. The molecule has 0 aliphatic carbocycles. The van der Waals surface area contributed by atoms with Gasteiger partial charge >= 0.3 is 0 Å². The quantitative estimate of drug-likeness (QED) is 0.639. The predicted octanol–water partition coefficient (Wildman–Crippen LogP) is 3.06. The Morgan fingerprint density at radius 3 is 2.88 bits per heavy atom. The largest absolute Gasteiger partial charge is 0.310 e. The van der Waals surface area contributed by atoms with E-state index in [1.807, 2.05) is 6.07 Å². The maximum Gasteiger partial charge on any atom is 0.288 e. The molecule has 0 spiro atoms. The first kappa shape index (κ1) is 11.4. The molecule has 0 saturated carbocycles. The van der Waals surface area contributed by atoms with Gasteiger partial charge in [0.1, 0.15) is 5.02 Å². The summed E-state index contributed by atoms with van der Waals surface area (Å²) in [6.45, 7) is 0.973. The summed E-state index contributed by atoms with van der Waals surface area (Å²) in [6.07, 6.45) is 3.36. The molecule has 1 aliphatic rings. The van der Waals surface area contributed by atoms with Gasteiger partial charge in [0, 0.05) is 12.1 Å². The fraction of sp³-hybridized carbons (Fsp3) is 0.455. The van der Waals surface area contributed by atoms with E-state index >= 15 is 0 Å². The molecule has 1 atom stereocenters. The molecule has 1 heterocycles. The summed E-state index contributed by atoms with van der Waals surface area (Å²) in [4.78, 5) is 10.3. The highest BCUT2D eigenvalue weighted by atomic mass is 35.5. The zero-order chi connectivity index (χ0) is 11.5. The highest BCUT2D eigenvalue weighted by molar-refractivity contribution is 6.32. The second-order valence-electron chi connectivity index (χ2n) is 3.97. The molecule has 0 unspecified atom stereocenters. The van der Waals surface area contributed by atoms with Crippen LogP contribution in [0.5, 0.6) is 0 Å². The first-order chi connectivity index (χ1) is 7.68. The van der Waals surface area contributed by atoms with Gasteiger partial charge in [0.25, 0.3) is 5.69 Å². The van der Waals surface area contributed by atoms with Crippen LogP contribution in [0.2, 0.25) is 5.02 Å². The number of benzene rings is 1. The SMILES string of the molecule is O=[N+]([O-])c1cc([C@@H]2CCCCN2)ccc1Cl. The topological polar surface area (TPSA) is 55.2 Å². The van der Waals surface area contributed by atoms with E-state index in [0.717, 1.165) is 24.9 Å². The van der Waals surface area contributed by atoms with Crippen LogP contribution >= 0.6 is 11.6 Å². The van der Waals surface area contributed by atoms with Gasteiger partial charge in [-0.3, -0.25) is 10.1 Å². The summed E-state index contributed by atoms with van der Waals surface area (Å²) in [6, 6.07) is 5.26. The van der Waals surface area contributed by atoms with Gasteiger partial charge in [-0.1, -0.05) is 24.1 Å². The number of halogens is 1. The molecule has 1 aliphatic heterocycles. The highest BCUT2D eigenvalue weighted by Crippen LogP contribution is 2.30. The van der Waals surface area contributed by atoms with Crippen LogP contribution in [0.3, 0.4) is 0 Å². The van der Waals surface area contributed by atoms with Crippen molar-refractivity contribution in [2.45, 2.75) is 25.3 Å². The minimum Gasteiger partial charge on any atom is -0.310 e. The number of nitro groups is 1. The average Bonchev–Trinajstić information content (AvgIpc) is 2.30. The first-order valence-corrected chi connectivity index (χ1v) is 5.73. The van der Waals surface area contributed by atoms with Crippen LogP contribution in [-0.2, 0) is 0 Å². The van der Waals surface area contributed by atoms with Crippen LogP contribution in [0.25, 0.3) is 0 Å². The first-order valence-electron chi connectivity index (χ1n) is 5.35. The van der Waals surface area contributed by atoms with Gasteiger partial charge in [0.2, 0.25) is 0 Å². The Morgan fingerprint density at radius 1 is 1.44 bits per heavy atom. The van der Waals surface area contributed by atoms with E-state index in [9.17, 15) is 10.1 Å². The summed E-state index contributed by atoms with van der Waals surface area (Å²) in [5, 5.41) is 14.3. The highest BCUT2D eigenvalue weighted by Gasteiger charge is 2.19. The smallest absolute Gasteiger partial charge is 0.288 e. The fourth-order valence-corrected chi connectivity index (χ4v) is 2.21. The summed E-state index contributed by atoms with van der Waals surface area (Å²) >= 11 is 5.77. The van der Waals surface area contributed by atoms with Crippen molar-refractivity contribution < 1.29 is 4.92 Å². The maximum absolute atomic E-state index is 10.8. The third kappa shape index (κ3) is 2.33. The lowest BCUT2D eigenvalue weighted by Gasteiger charge is -2.23. The summed E-state index contributed by atoms with van der Waals surface area (Å²) < 4.78 is 0. The molecule has 2 rings (SSSR count). The molecule has 0 amide bonds. The Bertz CT molecular complexity index is 403. The van der Waals surface area contributed by atoms with E-state index in [1.165, 1.54) is 6.42 Å². The Kier molecular flexibility index (Phi) is 3.41. The van der Waals surface area contributed by atoms with E-state index in [2.05, 4.69) is 5.32 Å². The van der Waals surface area contributed by atoms with E-state index in [4.69, 9.17) is 11.6 Å². The summed E-state index contributed by atoms with van der Waals surface area (Å²) in [7, 11) is 0. The Balaban J connectivity index is 2.27. The Hall–Kier alpha value is -1.13. The van der Waals surface area contributed by atoms with Crippen molar-refractivity contribution in [1.29, 1.82) is 0 Å². The van der Waals surface area contributed by atoms with Crippen molar-refractivity contribution >= 4 is 17.3 Å². The number of piperidine rings is 1. The molecular weight excluding hydrogens is 228 g/mol. The molecule has 0 radical (unpaired) electrons. The number of nitrogens with zero attached hydrogens (tertiary/aromatic N) is 1. The van der Waals surface area contributed by atoms with Crippen molar-refractivity contribution in [3.8, 4) is 0 Å². The van der Waals surface area contributed by atoms with Gasteiger partial charge in [0.15, 0.2) is 0 Å². The van der Waals surface area contributed by atoms with Gasteiger partial charge in [-0.15, -0.1) is 0 Å². The van der Waals surface area contributed by atoms with Crippen molar-refractivity contribution in [1.82, 2.24) is 5.32 Å². The van der Waals surface area contributed by atoms with Crippen molar-refractivity contribution in [2.75, 3.05) is 6.54 Å². The van der Waals surface area contributed by atoms with Gasteiger partial charge in [-0.05, 0) is 31.0 Å². The summed E-state index contributed by atoms with van der Waals surface area (Å²) in [5.41, 5.74) is 0.947. The molecular formula is C11H13ClN2O2. The molecule has 1 aromatic rings. The van der Waals surface area contributed by atoms with Crippen LogP contribution in [0.15, 0.2) is 18.2 Å². The second kappa shape index (κ2) is 4.80. The third-order valence-electron chi connectivity index (χ3n) is 2.88. The lowest BCUT2D eigenvalue weighted by molar-refractivity contribution is -0.384. The third-order valence-corrected chi connectivity index (χ3v) is 3.20. The number of nitro benzene ring substituents is 1. The monoisotopic (exact) mass is 240 g/mol. The van der Waals surface area contributed by atoms with Crippen LogP contribution in [-0.4, -0.2) is 11.5 Å². The van der Waals surface area contributed by atoms with E-state index in [-0.39, 0.29) is 16.8 Å². The van der Waals surface area contributed by atoms with Crippen molar-refractivity contribution in [3.63, 3.8) is 0 Å². The number of rotatable bonds is 2. The van der Waals surface area contributed by atoms with Crippen LogP contribution < -0.4 is 5.32 Å². The maximum atomic E-state index is 10.8. The molecule has 4 nitrogen and oxygen atoms in total.